The van der Waals surface area contributed by atoms with Crippen molar-refractivity contribution in [2.75, 3.05) is 0 Å². The van der Waals surface area contributed by atoms with Crippen molar-refractivity contribution >= 4 is 35.6 Å². The molecule has 1 aromatic rings. The molecule has 0 aromatic carbocycles. The van der Waals surface area contributed by atoms with Crippen LogP contribution in [-0.4, -0.2) is 85.1 Å². The van der Waals surface area contributed by atoms with Gasteiger partial charge in [0.05, 0.1) is 25.2 Å². The number of carbonyl (C=O) groups excluding carboxylic acids is 3. The highest BCUT2D eigenvalue weighted by Gasteiger charge is 2.32. The van der Waals surface area contributed by atoms with E-state index < -0.39 is 72.6 Å². The molecule has 0 saturated heterocycles. The molecule has 1 aromatic heterocycles. The largest absolute Gasteiger partial charge is 0.481 e. The van der Waals surface area contributed by atoms with Crippen molar-refractivity contribution in [2.24, 2.45) is 11.7 Å². The number of carboxylic acids is 3. The van der Waals surface area contributed by atoms with Gasteiger partial charge in [0, 0.05) is 18.3 Å². The summed E-state index contributed by atoms with van der Waals surface area (Å²) in [5, 5.41) is 34.0. The molecule has 0 aliphatic carbocycles. The lowest BCUT2D eigenvalue weighted by molar-refractivity contribution is -0.144. The molecule has 35 heavy (non-hydrogen) atoms. The zero-order valence-electron chi connectivity index (χ0n) is 19.2. The van der Waals surface area contributed by atoms with Crippen molar-refractivity contribution in [1.29, 1.82) is 0 Å². The molecule has 3 amide bonds. The standard InChI is InChI=1S/C20H30N6O9/c1-9(2)3-14(20(34)35)26-19(33)13(6-16(29)30)25-18(32)12(4-10-7-22-8-23-10)24-17(31)11(21)5-15(27)28/h7-9,11-14H,3-6,21H2,1-2H3,(H,22,23)(H,24,31)(H,25,32)(H,26,33)(H,27,28)(H,29,30)(H,34,35). The summed E-state index contributed by atoms with van der Waals surface area (Å²) >= 11 is 0. The number of nitrogens with one attached hydrogen (secondary N) is 4. The number of carbonyl (C=O) groups is 6. The third-order valence-corrected chi connectivity index (χ3v) is 4.68. The minimum absolute atomic E-state index is 0.0643. The quantitative estimate of drug-likeness (QED) is 0.129. The van der Waals surface area contributed by atoms with Gasteiger partial charge < -0.3 is 42.0 Å². The van der Waals surface area contributed by atoms with Crippen molar-refractivity contribution in [1.82, 2.24) is 25.9 Å². The average molecular weight is 498 g/mol. The van der Waals surface area contributed by atoms with E-state index in [0.717, 1.165) is 0 Å². The number of hydrogen-bond donors (Lipinski definition) is 8. The van der Waals surface area contributed by atoms with E-state index in [-0.39, 0.29) is 18.8 Å². The molecular weight excluding hydrogens is 468 g/mol. The van der Waals surface area contributed by atoms with E-state index in [0.29, 0.717) is 5.69 Å². The number of aliphatic carboxylic acids is 3. The molecule has 15 nitrogen and oxygen atoms in total. The molecule has 0 fully saturated rings. The van der Waals surface area contributed by atoms with Crippen LogP contribution in [0.4, 0.5) is 0 Å². The number of nitrogens with zero attached hydrogens (tertiary/aromatic N) is 1. The summed E-state index contributed by atoms with van der Waals surface area (Å²) in [6, 6.07) is -5.85. The van der Waals surface area contributed by atoms with Gasteiger partial charge in [-0.1, -0.05) is 13.8 Å². The normalized spacial score (nSPS) is 14.3. The summed E-state index contributed by atoms with van der Waals surface area (Å²) < 4.78 is 0. The summed E-state index contributed by atoms with van der Waals surface area (Å²) in [6.07, 6.45) is 0.979. The number of carboxylic acid groups (broad SMARTS) is 3. The maximum absolute atomic E-state index is 12.9. The molecule has 0 bridgehead atoms. The van der Waals surface area contributed by atoms with Crippen LogP contribution < -0.4 is 21.7 Å². The van der Waals surface area contributed by atoms with Crippen molar-refractivity contribution in [3.8, 4) is 0 Å². The van der Waals surface area contributed by atoms with Crippen LogP contribution in [0.2, 0.25) is 0 Å². The minimum atomic E-state index is -1.66. The first-order valence-electron chi connectivity index (χ1n) is 10.6. The van der Waals surface area contributed by atoms with Crippen LogP contribution in [0, 0.1) is 5.92 Å². The van der Waals surface area contributed by atoms with E-state index in [1.807, 2.05) is 0 Å². The van der Waals surface area contributed by atoms with E-state index in [2.05, 4.69) is 25.9 Å². The van der Waals surface area contributed by atoms with E-state index >= 15 is 0 Å². The Bertz CT molecular complexity index is 918. The van der Waals surface area contributed by atoms with Gasteiger partial charge in [-0.25, -0.2) is 9.78 Å². The Labute approximate surface area is 199 Å². The molecule has 0 saturated carbocycles. The van der Waals surface area contributed by atoms with Gasteiger partial charge in [-0.2, -0.15) is 0 Å². The maximum atomic E-state index is 12.9. The second kappa shape index (κ2) is 13.6. The van der Waals surface area contributed by atoms with E-state index in [1.165, 1.54) is 12.5 Å². The predicted molar refractivity (Wildman–Crippen MR) is 118 cm³/mol. The van der Waals surface area contributed by atoms with Crippen molar-refractivity contribution in [3.05, 3.63) is 18.2 Å². The smallest absolute Gasteiger partial charge is 0.326 e. The number of nitrogens with two attached hydrogens (primary N) is 1. The lowest BCUT2D eigenvalue weighted by Gasteiger charge is -2.24. The highest BCUT2D eigenvalue weighted by atomic mass is 16.4. The van der Waals surface area contributed by atoms with Crippen LogP contribution in [0.25, 0.3) is 0 Å². The second-order valence-corrected chi connectivity index (χ2v) is 8.23. The number of aromatic amines is 1. The average Bonchev–Trinajstić information content (AvgIpc) is 3.24. The Balaban J connectivity index is 3.07. The topological polar surface area (TPSA) is 254 Å². The van der Waals surface area contributed by atoms with Gasteiger partial charge in [-0.05, 0) is 12.3 Å². The Hall–Kier alpha value is -4.01. The zero-order valence-corrected chi connectivity index (χ0v) is 19.2. The second-order valence-electron chi connectivity index (χ2n) is 8.23. The fourth-order valence-corrected chi connectivity index (χ4v) is 3.01. The minimum Gasteiger partial charge on any atom is -0.481 e. The summed E-state index contributed by atoms with van der Waals surface area (Å²) in [4.78, 5) is 78.0. The number of amides is 3. The molecule has 0 spiro atoms. The lowest BCUT2D eigenvalue weighted by Crippen LogP contribution is -2.58. The number of hydrogen-bond acceptors (Lipinski definition) is 8. The van der Waals surface area contributed by atoms with Crippen molar-refractivity contribution < 1.29 is 44.1 Å². The Morgan fingerprint density at radius 3 is 1.91 bits per heavy atom. The van der Waals surface area contributed by atoms with Gasteiger partial charge >= 0.3 is 17.9 Å². The van der Waals surface area contributed by atoms with Gasteiger partial charge in [0.1, 0.15) is 18.1 Å². The molecule has 9 N–H and O–H groups in total. The predicted octanol–water partition coefficient (Wildman–Crippen LogP) is -2.19. The first-order chi connectivity index (χ1) is 16.3. The van der Waals surface area contributed by atoms with Crippen LogP contribution >= 0.6 is 0 Å². The fourth-order valence-electron chi connectivity index (χ4n) is 3.01. The highest BCUT2D eigenvalue weighted by molar-refractivity contribution is 5.96. The number of rotatable bonds is 15. The third kappa shape index (κ3) is 10.6. The Morgan fingerprint density at radius 1 is 0.886 bits per heavy atom. The van der Waals surface area contributed by atoms with Gasteiger partial charge in [-0.15, -0.1) is 0 Å². The van der Waals surface area contributed by atoms with Crippen molar-refractivity contribution in [2.45, 2.75) is 63.7 Å². The molecule has 4 unspecified atom stereocenters. The molecule has 15 heteroatoms. The summed E-state index contributed by atoms with van der Waals surface area (Å²) in [7, 11) is 0. The van der Waals surface area contributed by atoms with E-state index in [4.69, 9.17) is 10.8 Å². The van der Waals surface area contributed by atoms with E-state index in [1.54, 1.807) is 13.8 Å². The molecule has 1 heterocycles. The van der Waals surface area contributed by atoms with Crippen LogP contribution in [0.1, 0.15) is 38.8 Å². The molecule has 0 aliphatic rings. The molecule has 4 atom stereocenters. The number of H-pyrrole nitrogens is 1. The van der Waals surface area contributed by atoms with Gasteiger partial charge in [0.2, 0.25) is 17.7 Å². The Kier molecular flexibility index (Phi) is 11.3. The SMILES string of the molecule is CC(C)CC(NC(=O)C(CC(=O)O)NC(=O)C(Cc1cnc[nH]1)NC(=O)C(N)CC(=O)O)C(=O)O. The molecular formula is C20H30N6O9. The van der Waals surface area contributed by atoms with Crippen LogP contribution in [0.15, 0.2) is 12.5 Å². The summed E-state index contributed by atoms with van der Waals surface area (Å²) in [6.45, 7) is 3.47. The zero-order chi connectivity index (χ0) is 26.7. The molecule has 194 valence electrons. The summed E-state index contributed by atoms with van der Waals surface area (Å²) in [5.74, 6) is -7.20. The maximum Gasteiger partial charge on any atom is 0.326 e. The van der Waals surface area contributed by atoms with Gasteiger partial charge in [0.25, 0.3) is 0 Å². The summed E-state index contributed by atoms with van der Waals surface area (Å²) in [5.41, 5.74) is 5.92. The highest BCUT2D eigenvalue weighted by Crippen LogP contribution is 2.07. The Morgan fingerprint density at radius 2 is 1.43 bits per heavy atom. The van der Waals surface area contributed by atoms with Crippen molar-refractivity contribution in [3.63, 3.8) is 0 Å². The van der Waals surface area contributed by atoms with Crippen LogP contribution in [-0.2, 0) is 35.2 Å². The monoisotopic (exact) mass is 498 g/mol. The van der Waals surface area contributed by atoms with Crippen LogP contribution in [0.5, 0.6) is 0 Å². The lowest BCUT2D eigenvalue weighted by atomic mass is 10.0. The molecule has 0 radical (unpaired) electrons. The van der Waals surface area contributed by atoms with E-state index in [9.17, 15) is 39.0 Å². The van der Waals surface area contributed by atoms with Gasteiger partial charge in [0.15, 0.2) is 0 Å². The van der Waals surface area contributed by atoms with Gasteiger partial charge in [-0.3, -0.25) is 24.0 Å². The number of aromatic nitrogens is 2. The first kappa shape index (κ1) is 29.0. The first-order valence-corrected chi connectivity index (χ1v) is 10.6. The van der Waals surface area contributed by atoms with Crippen LogP contribution in [0.3, 0.4) is 0 Å². The third-order valence-electron chi connectivity index (χ3n) is 4.68. The fraction of sp³-hybridized carbons (Fsp3) is 0.550. The molecule has 1 rings (SSSR count). The number of imidazole rings is 1. The molecule has 0 aliphatic heterocycles.